The smallest absolute Gasteiger partial charge is 0.543 e. The number of aliphatic carboxylic acids is 1. The van der Waals surface area contributed by atoms with Crippen LogP contribution in [0.15, 0.2) is 28.6 Å². The first-order valence-electron chi connectivity index (χ1n) is 9.61. The number of aromatic nitrogens is 2. The van der Waals surface area contributed by atoms with Gasteiger partial charge in [-0.05, 0) is 18.4 Å². The quantitative estimate of drug-likeness (QED) is 0.160. The van der Waals surface area contributed by atoms with E-state index in [0.29, 0.717) is 17.9 Å². The van der Waals surface area contributed by atoms with Gasteiger partial charge in [-0.15, -0.1) is 11.8 Å². The summed E-state index contributed by atoms with van der Waals surface area (Å²) in [6.45, 7) is 0.668. The van der Waals surface area contributed by atoms with Gasteiger partial charge in [-0.3, -0.25) is 14.5 Å². The molecule has 2 saturated heterocycles. The molecule has 1 aromatic heterocycles. The molecule has 4 heterocycles. The predicted octanol–water partition coefficient (Wildman–Crippen LogP) is -4.39. The number of thioether (sulfide) groups is 1. The monoisotopic (exact) mass is 502 g/mol. The topological polar surface area (TPSA) is 172 Å². The van der Waals surface area contributed by atoms with Crippen LogP contribution in [-0.2, 0) is 24.0 Å². The number of ether oxygens (including phenoxy) is 1. The largest absolute Gasteiger partial charge is 1.00 e. The summed E-state index contributed by atoms with van der Waals surface area (Å²) < 4.78 is 9.45. The van der Waals surface area contributed by atoms with Gasteiger partial charge in [0.2, 0.25) is 11.5 Å². The number of rotatable bonds is 7. The van der Waals surface area contributed by atoms with Gasteiger partial charge in [-0.25, -0.2) is 0 Å². The zero-order chi connectivity index (χ0) is 22.8. The number of nitrogens with zero attached hydrogens (tertiary/aromatic N) is 4. The average molecular weight is 503 g/mol. The van der Waals surface area contributed by atoms with E-state index >= 15 is 0 Å². The van der Waals surface area contributed by atoms with Crippen LogP contribution in [-0.4, -0.2) is 74.7 Å². The number of hydrogen-bond donors (Lipinski definition) is 2. The molecule has 1 aromatic rings. The number of carboxylic acid groups (broad SMARTS) is 1. The van der Waals surface area contributed by atoms with Crippen LogP contribution in [0.5, 0.6) is 0 Å². The molecule has 170 valence electrons. The molecule has 1 unspecified atom stereocenters. The van der Waals surface area contributed by atoms with Crippen LogP contribution in [0.25, 0.3) is 0 Å². The zero-order valence-corrected chi connectivity index (χ0v) is 21.5. The van der Waals surface area contributed by atoms with Gasteiger partial charge < -0.3 is 30.5 Å². The van der Waals surface area contributed by atoms with E-state index in [-0.39, 0.29) is 58.0 Å². The van der Waals surface area contributed by atoms with Crippen molar-refractivity contribution < 1.29 is 58.6 Å². The van der Waals surface area contributed by atoms with E-state index in [2.05, 4.69) is 24.7 Å². The Labute approximate surface area is 219 Å². The molecule has 0 aliphatic carbocycles. The van der Waals surface area contributed by atoms with Gasteiger partial charge in [0, 0.05) is 23.9 Å². The molecule has 0 radical (unpaired) electrons. The fourth-order valence-corrected chi connectivity index (χ4v) is 5.31. The number of hydrogen-bond acceptors (Lipinski definition) is 12. The second-order valence-corrected chi connectivity index (χ2v) is 8.90. The molecule has 0 bridgehead atoms. The molecule has 12 nitrogen and oxygen atoms in total. The fraction of sp³-hybridized carbons (Fsp3) is 0.444. The Morgan fingerprint density at radius 1 is 1.45 bits per heavy atom. The number of β-lactam (4-membered cyclic amide) rings is 1. The molecule has 2 fully saturated rings. The first-order valence-corrected chi connectivity index (χ1v) is 11.4. The van der Waals surface area contributed by atoms with Crippen LogP contribution in [0.4, 0.5) is 5.13 Å². The minimum atomic E-state index is -1.45. The normalized spacial score (nSPS) is 24.9. The summed E-state index contributed by atoms with van der Waals surface area (Å²) in [5.74, 6) is -2.48. The number of carbonyl (C=O) groups excluding carboxylic acids is 3. The second kappa shape index (κ2) is 11.0. The van der Waals surface area contributed by atoms with Crippen molar-refractivity contribution in [2.24, 2.45) is 5.16 Å². The van der Waals surface area contributed by atoms with Crippen molar-refractivity contribution in [2.45, 2.75) is 30.4 Å². The molecule has 3 atom stereocenters. The summed E-state index contributed by atoms with van der Waals surface area (Å²) in [4.78, 5) is 47.0. The Bertz CT molecular complexity index is 1040. The third-order valence-electron chi connectivity index (χ3n) is 5.01. The molecule has 4 rings (SSSR count). The fourth-order valence-electron chi connectivity index (χ4n) is 3.55. The van der Waals surface area contributed by atoms with Crippen molar-refractivity contribution >= 4 is 51.9 Å². The molecule has 15 heteroatoms. The number of oxime groups is 1. The number of allylic oxidation sites excluding steroid dienone is 1. The van der Waals surface area contributed by atoms with Crippen LogP contribution in [0, 0.1) is 0 Å². The summed E-state index contributed by atoms with van der Waals surface area (Å²) >= 11 is 2.21. The standard InChI is InChI=1S/C18H20N6O6S2.Na/c1-29-22-10(13-21-18(19)32-23-13)14(25)20-11-15(26)24-12(17(27)28)8(7-31-16(11)24)4-5-9-3-2-6-30-9;/h4-5,9,11,16H,2-3,6-7H2,1H3,(H,20,25)(H,27,28)(H2,19,21,23);/q;+1/p-1/b5-4+,22-10-;/t9?,11-,16+;/m1./s1. The molecule has 3 aliphatic heterocycles. The Morgan fingerprint density at radius 2 is 2.24 bits per heavy atom. The van der Waals surface area contributed by atoms with E-state index in [1.54, 1.807) is 12.2 Å². The maximum atomic E-state index is 12.8. The minimum absolute atomic E-state index is 0. The van der Waals surface area contributed by atoms with Crippen LogP contribution in [0.1, 0.15) is 18.7 Å². The summed E-state index contributed by atoms with van der Waals surface area (Å²) in [6.07, 6.45) is 5.21. The van der Waals surface area contributed by atoms with Crippen LogP contribution in [0.2, 0.25) is 0 Å². The Morgan fingerprint density at radius 3 is 2.85 bits per heavy atom. The number of amides is 2. The first kappa shape index (κ1) is 25.6. The van der Waals surface area contributed by atoms with Gasteiger partial charge in [-0.2, -0.15) is 9.36 Å². The molecule has 3 N–H and O–H groups in total. The molecule has 33 heavy (non-hydrogen) atoms. The molecule has 3 aliphatic rings. The van der Waals surface area contributed by atoms with Gasteiger partial charge in [0.05, 0.1) is 17.8 Å². The number of fused-ring (bicyclic) bond motifs is 1. The van der Waals surface area contributed by atoms with Crippen LogP contribution >= 0.6 is 23.3 Å². The molecule has 2 amide bonds. The number of nitrogen functional groups attached to an aromatic ring is 1. The van der Waals surface area contributed by atoms with Crippen molar-refractivity contribution in [3.05, 3.63) is 29.2 Å². The summed E-state index contributed by atoms with van der Waals surface area (Å²) in [5.41, 5.74) is 5.57. The van der Waals surface area contributed by atoms with Crippen molar-refractivity contribution in [1.29, 1.82) is 0 Å². The van der Waals surface area contributed by atoms with Crippen LogP contribution < -0.4 is 45.7 Å². The summed E-state index contributed by atoms with van der Waals surface area (Å²) in [7, 11) is 1.25. The third kappa shape index (κ3) is 5.25. The number of carbonyl (C=O) groups is 3. The number of carboxylic acids is 1. The third-order valence-corrected chi connectivity index (χ3v) is 6.85. The maximum absolute atomic E-state index is 12.8. The SMILES string of the molecule is CO/N=C(\C(=O)N[C@@H]1C(=O)N2C(C(=O)[O-])=C(/C=C/C3CCCO3)CS[C@@H]12)c1nsc(N)n1.[Na+]. The van der Waals surface area contributed by atoms with Gasteiger partial charge >= 0.3 is 29.6 Å². The van der Waals surface area contributed by atoms with Crippen LogP contribution in [0.3, 0.4) is 0 Å². The molecule has 0 spiro atoms. The Kier molecular flexibility index (Phi) is 8.53. The van der Waals surface area contributed by atoms with Gasteiger partial charge in [0.25, 0.3) is 11.8 Å². The number of anilines is 1. The number of nitrogens with two attached hydrogens (primary N) is 1. The van der Waals surface area contributed by atoms with Crippen molar-refractivity contribution in [1.82, 2.24) is 19.6 Å². The Balaban J connectivity index is 0.00000306. The molecular weight excluding hydrogens is 483 g/mol. The Hall–Kier alpha value is -1.97. The number of nitrogens with one attached hydrogen (secondary N) is 1. The molecule has 0 saturated carbocycles. The van der Waals surface area contributed by atoms with Crippen molar-refractivity contribution in [2.75, 3.05) is 25.2 Å². The van der Waals surface area contributed by atoms with E-state index in [1.165, 1.54) is 18.9 Å². The second-order valence-electron chi connectivity index (χ2n) is 7.01. The first-order chi connectivity index (χ1) is 15.4. The molecule has 0 aromatic carbocycles. The van der Waals surface area contributed by atoms with E-state index in [4.69, 9.17) is 10.5 Å². The van der Waals surface area contributed by atoms with Crippen molar-refractivity contribution in [3.63, 3.8) is 0 Å². The molecular formula is C18H19N6NaO6S2. The average Bonchev–Trinajstić information content (AvgIpc) is 3.45. The van der Waals surface area contributed by atoms with Gasteiger partial charge in [-0.1, -0.05) is 17.3 Å². The van der Waals surface area contributed by atoms with E-state index in [1.807, 2.05) is 0 Å². The zero-order valence-electron chi connectivity index (χ0n) is 17.8. The van der Waals surface area contributed by atoms with Gasteiger partial charge in [0.1, 0.15) is 18.5 Å². The summed E-state index contributed by atoms with van der Waals surface area (Å²) in [5, 5.41) is 17.5. The predicted molar refractivity (Wildman–Crippen MR) is 113 cm³/mol. The van der Waals surface area contributed by atoms with Gasteiger partial charge in [0.15, 0.2) is 5.13 Å². The minimum Gasteiger partial charge on any atom is -0.543 e. The van der Waals surface area contributed by atoms with E-state index in [0.717, 1.165) is 29.3 Å². The maximum Gasteiger partial charge on any atom is 1.00 e. The van der Waals surface area contributed by atoms with E-state index in [9.17, 15) is 19.5 Å². The van der Waals surface area contributed by atoms with E-state index < -0.39 is 29.2 Å². The van der Waals surface area contributed by atoms with Crippen molar-refractivity contribution in [3.8, 4) is 0 Å². The summed E-state index contributed by atoms with van der Waals surface area (Å²) in [6, 6.07) is -0.955.